The lowest BCUT2D eigenvalue weighted by atomic mass is 10.1. The van der Waals surface area contributed by atoms with Crippen molar-refractivity contribution in [3.8, 4) is 5.75 Å². The summed E-state index contributed by atoms with van der Waals surface area (Å²) >= 11 is 0. The van der Waals surface area contributed by atoms with Crippen LogP contribution in [0.4, 0.5) is 30.2 Å². The number of nitrogens with zero attached hydrogens (tertiary/aromatic N) is 2. The number of nitro groups is 1. The Balaban J connectivity index is 2.02. The van der Waals surface area contributed by atoms with E-state index in [0.717, 1.165) is 6.07 Å². The van der Waals surface area contributed by atoms with Gasteiger partial charge in [-0.25, -0.2) is 0 Å². The van der Waals surface area contributed by atoms with E-state index in [4.69, 9.17) is 4.74 Å². The van der Waals surface area contributed by atoms with Crippen LogP contribution >= 0.6 is 0 Å². The number of nitro benzene ring substituents is 1. The summed E-state index contributed by atoms with van der Waals surface area (Å²) in [5, 5.41) is 12.9. The highest BCUT2D eigenvalue weighted by atomic mass is 19.4. The van der Waals surface area contributed by atoms with E-state index < -0.39 is 34.9 Å². The van der Waals surface area contributed by atoms with Gasteiger partial charge in [0.15, 0.2) is 6.61 Å². The quantitative estimate of drug-likeness (QED) is 0.578. The minimum absolute atomic E-state index is 0.167. The van der Waals surface area contributed by atoms with Gasteiger partial charge in [-0.3, -0.25) is 19.7 Å². The van der Waals surface area contributed by atoms with Gasteiger partial charge in [-0.05, 0) is 36.4 Å². The number of amides is 2. The molecular weight excluding hydrogens is 395 g/mol. The van der Waals surface area contributed by atoms with Crippen molar-refractivity contribution in [3.05, 3.63) is 58.1 Å². The lowest BCUT2D eigenvalue weighted by Crippen LogP contribution is -2.22. The average molecular weight is 411 g/mol. The summed E-state index contributed by atoms with van der Waals surface area (Å²) in [7, 11) is 1.59. The summed E-state index contributed by atoms with van der Waals surface area (Å²) in [5.74, 6) is -0.614. The summed E-state index contributed by atoms with van der Waals surface area (Å²) in [6, 6.07) is 8.40. The van der Waals surface area contributed by atoms with Crippen LogP contribution in [-0.4, -0.2) is 30.4 Å². The van der Waals surface area contributed by atoms with Crippen LogP contribution in [0.15, 0.2) is 42.5 Å². The molecule has 2 rings (SSSR count). The van der Waals surface area contributed by atoms with Gasteiger partial charge in [-0.15, -0.1) is 0 Å². The van der Waals surface area contributed by atoms with Crippen LogP contribution in [0.25, 0.3) is 0 Å². The van der Waals surface area contributed by atoms with Crippen LogP contribution in [0.5, 0.6) is 5.75 Å². The number of ether oxygens (including phenoxy) is 1. The molecule has 0 aliphatic heterocycles. The van der Waals surface area contributed by atoms with Gasteiger partial charge in [0.2, 0.25) is 5.91 Å². The Bertz CT molecular complexity index is 929. The fourth-order valence-electron chi connectivity index (χ4n) is 2.29. The molecule has 154 valence electrons. The van der Waals surface area contributed by atoms with Crippen LogP contribution in [0.2, 0.25) is 0 Å². The molecule has 1 N–H and O–H groups in total. The van der Waals surface area contributed by atoms with Crippen LogP contribution in [0, 0.1) is 10.1 Å². The monoisotopic (exact) mass is 411 g/mol. The predicted molar refractivity (Wildman–Crippen MR) is 97.7 cm³/mol. The van der Waals surface area contributed by atoms with Gasteiger partial charge >= 0.3 is 6.18 Å². The van der Waals surface area contributed by atoms with E-state index in [2.05, 4.69) is 5.32 Å². The van der Waals surface area contributed by atoms with Crippen LogP contribution < -0.4 is 15.0 Å². The molecular formula is C18H16F3N3O5. The first kappa shape index (κ1) is 21.7. The molecule has 0 fully saturated rings. The molecule has 2 aromatic carbocycles. The van der Waals surface area contributed by atoms with Gasteiger partial charge in [-0.1, -0.05) is 0 Å². The number of carbonyl (C=O) groups is 2. The van der Waals surface area contributed by atoms with Crippen molar-refractivity contribution in [2.75, 3.05) is 23.9 Å². The second-order valence-electron chi connectivity index (χ2n) is 5.90. The molecule has 2 aromatic rings. The molecule has 0 aliphatic rings. The molecule has 0 bridgehead atoms. The largest absolute Gasteiger partial charge is 0.484 e. The summed E-state index contributed by atoms with van der Waals surface area (Å²) in [6.07, 6.45) is -4.95. The zero-order valence-electron chi connectivity index (χ0n) is 15.3. The van der Waals surface area contributed by atoms with Crippen molar-refractivity contribution in [3.63, 3.8) is 0 Å². The number of benzene rings is 2. The van der Waals surface area contributed by atoms with E-state index >= 15 is 0 Å². The Kier molecular flexibility index (Phi) is 6.42. The smallest absolute Gasteiger partial charge is 0.423 e. The van der Waals surface area contributed by atoms with Gasteiger partial charge in [0.05, 0.1) is 4.92 Å². The second-order valence-corrected chi connectivity index (χ2v) is 5.90. The molecule has 0 saturated carbocycles. The third-order valence-corrected chi connectivity index (χ3v) is 3.85. The number of anilines is 2. The molecule has 0 heterocycles. The van der Waals surface area contributed by atoms with Crippen molar-refractivity contribution in [2.24, 2.45) is 0 Å². The number of nitrogens with one attached hydrogen (secondary N) is 1. The molecule has 0 unspecified atom stereocenters. The highest BCUT2D eigenvalue weighted by Crippen LogP contribution is 2.37. The fraction of sp³-hybridized carbons (Fsp3) is 0.222. The van der Waals surface area contributed by atoms with Crippen LogP contribution in [0.3, 0.4) is 0 Å². The first-order chi connectivity index (χ1) is 13.5. The number of carbonyl (C=O) groups excluding carboxylic acids is 2. The third kappa shape index (κ3) is 5.67. The number of halogens is 3. The van der Waals surface area contributed by atoms with Gasteiger partial charge in [0.1, 0.15) is 11.3 Å². The minimum atomic E-state index is -4.95. The highest BCUT2D eigenvalue weighted by molar-refractivity contribution is 5.92. The maximum Gasteiger partial charge on any atom is 0.423 e. The normalized spacial score (nSPS) is 10.9. The standard InChI is InChI=1S/C18H16F3N3O5/c1-11(25)23(2)13-4-6-14(7-5-13)29-10-17(26)22-12-3-8-16(24(27)28)15(9-12)18(19,20)21/h3-9H,10H2,1-2H3,(H,22,26). The Hall–Kier alpha value is -3.63. The van der Waals surface area contributed by atoms with Crippen LogP contribution in [-0.2, 0) is 15.8 Å². The van der Waals surface area contributed by atoms with E-state index in [0.29, 0.717) is 23.6 Å². The molecule has 2 amide bonds. The summed E-state index contributed by atoms with van der Waals surface area (Å²) in [6.45, 7) is 0.900. The van der Waals surface area contributed by atoms with Crippen molar-refractivity contribution < 1.29 is 32.4 Å². The number of hydrogen-bond donors (Lipinski definition) is 1. The Morgan fingerprint density at radius 3 is 2.31 bits per heavy atom. The van der Waals surface area contributed by atoms with E-state index in [1.807, 2.05) is 0 Å². The van der Waals surface area contributed by atoms with E-state index in [-0.39, 0.29) is 11.6 Å². The molecule has 0 aliphatic carbocycles. The highest BCUT2D eigenvalue weighted by Gasteiger charge is 2.38. The number of rotatable bonds is 6. The van der Waals surface area contributed by atoms with E-state index in [1.54, 1.807) is 19.2 Å². The maximum atomic E-state index is 13.0. The third-order valence-electron chi connectivity index (χ3n) is 3.85. The summed E-state index contributed by atoms with van der Waals surface area (Å²) in [4.78, 5) is 34.2. The molecule has 0 aromatic heterocycles. The molecule has 0 radical (unpaired) electrons. The first-order valence-corrected chi connectivity index (χ1v) is 8.11. The minimum Gasteiger partial charge on any atom is -0.484 e. The maximum absolute atomic E-state index is 13.0. The second kappa shape index (κ2) is 8.59. The molecule has 29 heavy (non-hydrogen) atoms. The summed E-state index contributed by atoms with van der Waals surface area (Å²) in [5.41, 5.74) is -2.22. The Labute approximate surface area is 163 Å². The molecule has 0 spiro atoms. The molecule has 0 atom stereocenters. The lowest BCUT2D eigenvalue weighted by Gasteiger charge is -2.15. The topological polar surface area (TPSA) is 102 Å². The Morgan fingerprint density at radius 2 is 1.79 bits per heavy atom. The van der Waals surface area contributed by atoms with Gasteiger partial charge in [-0.2, -0.15) is 13.2 Å². The number of alkyl halides is 3. The lowest BCUT2D eigenvalue weighted by molar-refractivity contribution is -0.388. The number of hydrogen-bond acceptors (Lipinski definition) is 5. The summed E-state index contributed by atoms with van der Waals surface area (Å²) < 4.78 is 44.2. The Morgan fingerprint density at radius 1 is 1.17 bits per heavy atom. The van der Waals surface area contributed by atoms with Crippen molar-refractivity contribution >= 4 is 28.9 Å². The first-order valence-electron chi connectivity index (χ1n) is 8.11. The van der Waals surface area contributed by atoms with Crippen molar-refractivity contribution in [2.45, 2.75) is 13.1 Å². The van der Waals surface area contributed by atoms with E-state index in [9.17, 15) is 32.9 Å². The zero-order chi connectivity index (χ0) is 21.8. The van der Waals surface area contributed by atoms with E-state index in [1.165, 1.54) is 24.0 Å². The SMILES string of the molecule is CC(=O)N(C)c1ccc(OCC(=O)Nc2ccc([N+](=O)[O-])c(C(F)(F)F)c2)cc1. The van der Waals surface area contributed by atoms with Gasteiger partial charge in [0, 0.05) is 31.4 Å². The van der Waals surface area contributed by atoms with Gasteiger partial charge in [0.25, 0.3) is 11.6 Å². The van der Waals surface area contributed by atoms with Crippen LogP contribution in [0.1, 0.15) is 12.5 Å². The zero-order valence-corrected chi connectivity index (χ0v) is 15.3. The molecule has 0 saturated heterocycles. The fourth-order valence-corrected chi connectivity index (χ4v) is 2.29. The van der Waals surface area contributed by atoms with Crippen molar-refractivity contribution in [1.29, 1.82) is 0 Å². The average Bonchev–Trinajstić information content (AvgIpc) is 2.65. The van der Waals surface area contributed by atoms with Crippen molar-refractivity contribution in [1.82, 2.24) is 0 Å². The molecule has 8 nitrogen and oxygen atoms in total. The molecule has 11 heteroatoms. The van der Waals surface area contributed by atoms with Gasteiger partial charge < -0.3 is 15.0 Å². The predicted octanol–water partition coefficient (Wildman–Crippen LogP) is 3.61.